The molecule has 0 aliphatic heterocycles. The first-order valence-corrected chi connectivity index (χ1v) is 6.41. The van der Waals surface area contributed by atoms with Gasteiger partial charge in [0.1, 0.15) is 6.04 Å². The number of carbonyl (C=O) groups excluding carboxylic acids is 1. The fourth-order valence-corrected chi connectivity index (χ4v) is 2.09. The minimum absolute atomic E-state index is 0.0266. The highest BCUT2D eigenvalue weighted by Gasteiger charge is 2.21. The minimum Gasteiger partial charge on any atom is -0.478 e. The molecule has 0 aliphatic rings. The second kappa shape index (κ2) is 5.32. The van der Waals surface area contributed by atoms with Gasteiger partial charge in [0.05, 0.1) is 22.9 Å². The Bertz CT molecular complexity index is 661. The van der Waals surface area contributed by atoms with E-state index in [1.165, 1.54) is 12.4 Å². The van der Waals surface area contributed by atoms with Crippen LogP contribution in [-0.4, -0.2) is 32.6 Å². The largest absolute Gasteiger partial charge is 0.478 e. The molecular weight excluding hydrogens is 258 g/mol. The minimum atomic E-state index is -1.03. The summed E-state index contributed by atoms with van der Waals surface area (Å²) in [6.45, 7) is 5.47. The molecule has 1 aromatic carbocycles. The maximum atomic E-state index is 12.1. The molecule has 1 unspecified atom stereocenters. The Hall–Kier alpha value is -2.37. The van der Waals surface area contributed by atoms with Gasteiger partial charge in [-0.1, -0.05) is 6.07 Å². The van der Waals surface area contributed by atoms with Gasteiger partial charge in [0.2, 0.25) is 5.91 Å². The maximum absolute atomic E-state index is 12.1. The van der Waals surface area contributed by atoms with Crippen molar-refractivity contribution in [2.75, 3.05) is 0 Å². The number of imidazole rings is 1. The van der Waals surface area contributed by atoms with Crippen LogP contribution in [0, 0.1) is 0 Å². The smallest absolute Gasteiger partial charge is 0.337 e. The molecule has 1 atom stereocenters. The Morgan fingerprint density at radius 1 is 1.30 bits per heavy atom. The van der Waals surface area contributed by atoms with Crippen molar-refractivity contribution >= 4 is 22.9 Å². The number of carboxylic acid groups (broad SMARTS) is 1. The van der Waals surface area contributed by atoms with E-state index in [2.05, 4.69) is 10.3 Å². The predicted octanol–water partition coefficient (Wildman–Crippen LogP) is 1.82. The van der Waals surface area contributed by atoms with Crippen LogP contribution in [0.1, 0.15) is 37.2 Å². The summed E-state index contributed by atoms with van der Waals surface area (Å²) >= 11 is 0. The zero-order chi connectivity index (χ0) is 14.9. The number of carbonyl (C=O) groups is 2. The Morgan fingerprint density at radius 2 is 2.00 bits per heavy atom. The van der Waals surface area contributed by atoms with Crippen molar-refractivity contribution in [1.82, 2.24) is 14.9 Å². The molecule has 0 saturated heterocycles. The number of hydrogen-bond donors (Lipinski definition) is 2. The van der Waals surface area contributed by atoms with Gasteiger partial charge in [-0.3, -0.25) is 4.79 Å². The molecule has 2 rings (SSSR count). The molecule has 20 heavy (non-hydrogen) atoms. The van der Waals surface area contributed by atoms with E-state index in [0.29, 0.717) is 11.0 Å². The fourth-order valence-electron chi connectivity index (χ4n) is 2.09. The van der Waals surface area contributed by atoms with Crippen LogP contribution in [0.2, 0.25) is 0 Å². The molecule has 1 heterocycles. The number of fused-ring (bicyclic) bond motifs is 1. The summed E-state index contributed by atoms with van der Waals surface area (Å²) in [5, 5.41) is 12.1. The van der Waals surface area contributed by atoms with Gasteiger partial charge < -0.3 is 15.0 Å². The molecule has 1 aromatic heterocycles. The lowest BCUT2D eigenvalue weighted by Crippen LogP contribution is -2.35. The van der Waals surface area contributed by atoms with Gasteiger partial charge in [0, 0.05) is 6.04 Å². The van der Waals surface area contributed by atoms with Crippen molar-refractivity contribution in [2.24, 2.45) is 0 Å². The average molecular weight is 275 g/mol. The second-order valence-corrected chi connectivity index (χ2v) is 4.97. The first-order valence-electron chi connectivity index (χ1n) is 6.41. The van der Waals surface area contributed by atoms with E-state index < -0.39 is 12.0 Å². The topological polar surface area (TPSA) is 84.2 Å². The third kappa shape index (κ3) is 2.49. The average Bonchev–Trinajstić information content (AvgIpc) is 2.80. The number of para-hydroxylation sites is 1. The van der Waals surface area contributed by atoms with E-state index in [9.17, 15) is 14.7 Å². The van der Waals surface area contributed by atoms with Crippen LogP contribution in [0.15, 0.2) is 24.5 Å². The lowest BCUT2D eigenvalue weighted by molar-refractivity contribution is -0.124. The van der Waals surface area contributed by atoms with Crippen molar-refractivity contribution in [2.45, 2.75) is 32.9 Å². The second-order valence-electron chi connectivity index (χ2n) is 4.97. The molecular formula is C14H17N3O3. The van der Waals surface area contributed by atoms with Crippen molar-refractivity contribution in [3.8, 4) is 0 Å². The maximum Gasteiger partial charge on any atom is 0.337 e. The van der Waals surface area contributed by atoms with Gasteiger partial charge in [0.25, 0.3) is 0 Å². The first-order chi connectivity index (χ1) is 9.41. The van der Waals surface area contributed by atoms with Crippen LogP contribution < -0.4 is 5.32 Å². The molecule has 0 bridgehead atoms. The Balaban J connectivity index is 2.49. The number of hydrogen-bond acceptors (Lipinski definition) is 3. The Labute approximate surface area is 116 Å². The normalized spacial score (nSPS) is 12.6. The summed E-state index contributed by atoms with van der Waals surface area (Å²) in [7, 11) is 0. The number of carboxylic acids is 1. The van der Waals surface area contributed by atoms with Crippen LogP contribution in [-0.2, 0) is 4.79 Å². The molecule has 2 aromatic rings. The van der Waals surface area contributed by atoms with Gasteiger partial charge in [-0.05, 0) is 32.9 Å². The number of benzene rings is 1. The van der Waals surface area contributed by atoms with Crippen LogP contribution in [0.25, 0.3) is 11.0 Å². The standard InChI is InChI=1S/C14H17N3O3/c1-8(2)16-13(18)9(3)17-7-15-11-6-4-5-10(12(11)17)14(19)20/h4-9H,1-3H3,(H,16,18)(H,19,20). The van der Waals surface area contributed by atoms with Crippen LogP contribution in [0.5, 0.6) is 0 Å². The molecule has 0 radical (unpaired) electrons. The molecule has 106 valence electrons. The zero-order valence-electron chi connectivity index (χ0n) is 11.6. The Kier molecular flexibility index (Phi) is 3.74. The fraction of sp³-hybridized carbons (Fsp3) is 0.357. The lowest BCUT2D eigenvalue weighted by Gasteiger charge is -2.17. The van der Waals surface area contributed by atoms with Crippen molar-refractivity contribution in [3.05, 3.63) is 30.1 Å². The van der Waals surface area contributed by atoms with Crippen molar-refractivity contribution in [1.29, 1.82) is 0 Å². The summed E-state index contributed by atoms with van der Waals surface area (Å²) in [4.78, 5) is 27.5. The Morgan fingerprint density at radius 3 is 2.60 bits per heavy atom. The highest BCUT2D eigenvalue weighted by Crippen LogP contribution is 2.22. The molecule has 6 heteroatoms. The van der Waals surface area contributed by atoms with Crippen LogP contribution in [0.4, 0.5) is 0 Å². The van der Waals surface area contributed by atoms with Crippen molar-refractivity contribution < 1.29 is 14.7 Å². The summed E-state index contributed by atoms with van der Waals surface area (Å²) in [6.07, 6.45) is 1.50. The third-order valence-corrected chi connectivity index (χ3v) is 3.05. The first kappa shape index (κ1) is 14.0. The monoisotopic (exact) mass is 275 g/mol. The molecule has 0 spiro atoms. The van der Waals surface area contributed by atoms with E-state index >= 15 is 0 Å². The summed E-state index contributed by atoms with van der Waals surface area (Å²) < 4.78 is 1.59. The van der Waals surface area contributed by atoms with Gasteiger partial charge in [-0.15, -0.1) is 0 Å². The molecule has 0 aliphatic carbocycles. The number of nitrogens with one attached hydrogen (secondary N) is 1. The number of nitrogens with zero attached hydrogens (tertiary/aromatic N) is 2. The number of amides is 1. The van der Waals surface area contributed by atoms with Gasteiger partial charge >= 0.3 is 5.97 Å². The third-order valence-electron chi connectivity index (χ3n) is 3.05. The van der Waals surface area contributed by atoms with Gasteiger partial charge in [0.15, 0.2) is 0 Å². The quantitative estimate of drug-likeness (QED) is 0.891. The number of rotatable bonds is 4. The van der Waals surface area contributed by atoms with Crippen LogP contribution >= 0.6 is 0 Å². The SMILES string of the molecule is CC(C)NC(=O)C(C)n1cnc2cccc(C(=O)O)c21. The lowest BCUT2D eigenvalue weighted by atomic mass is 10.1. The van der Waals surface area contributed by atoms with E-state index in [1.807, 2.05) is 13.8 Å². The highest BCUT2D eigenvalue weighted by molar-refractivity contribution is 6.01. The molecule has 0 saturated carbocycles. The van der Waals surface area contributed by atoms with E-state index in [1.54, 1.807) is 23.6 Å². The van der Waals surface area contributed by atoms with E-state index in [0.717, 1.165) is 0 Å². The van der Waals surface area contributed by atoms with E-state index in [4.69, 9.17) is 0 Å². The van der Waals surface area contributed by atoms with Crippen LogP contribution in [0.3, 0.4) is 0 Å². The molecule has 2 N–H and O–H groups in total. The summed E-state index contributed by atoms with van der Waals surface area (Å²) in [6, 6.07) is 4.38. The van der Waals surface area contributed by atoms with Gasteiger partial charge in [-0.2, -0.15) is 0 Å². The van der Waals surface area contributed by atoms with Crippen molar-refractivity contribution in [3.63, 3.8) is 0 Å². The van der Waals surface area contributed by atoms with E-state index in [-0.39, 0.29) is 17.5 Å². The molecule has 0 fully saturated rings. The number of aromatic nitrogens is 2. The zero-order valence-corrected chi connectivity index (χ0v) is 11.6. The highest BCUT2D eigenvalue weighted by atomic mass is 16.4. The number of aromatic carboxylic acids is 1. The van der Waals surface area contributed by atoms with Gasteiger partial charge in [-0.25, -0.2) is 9.78 Å². The summed E-state index contributed by atoms with van der Waals surface area (Å²) in [5.74, 6) is -1.20. The predicted molar refractivity (Wildman–Crippen MR) is 74.7 cm³/mol. The summed E-state index contributed by atoms with van der Waals surface area (Å²) in [5.41, 5.74) is 1.17. The molecule has 6 nitrogen and oxygen atoms in total. The molecule has 1 amide bonds.